The third-order valence-corrected chi connectivity index (χ3v) is 1.57. The fourth-order valence-electron chi connectivity index (χ4n) is 0.744. The van der Waals surface area contributed by atoms with Crippen LogP contribution in [0.3, 0.4) is 0 Å². The Kier molecular flexibility index (Phi) is 2.65. The third-order valence-electron chi connectivity index (χ3n) is 1.28. The molecule has 1 aromatic heterocycles. The molecule has 0 aliphatic heterocycles. The molecule has 0 saturated carbocycles. The molecular formula is C7H7ClFNO. The summed E-state index contributed by atoms with van der Waals surface area (Å²) in [7, 11) is 1.49. The van der Waals surface area contributed by atoms with Crippen LogP contribution in [0.15, 0.2) is 12.3 Å². The number of nitrogens with zero attached hydrogens (tertiary/aromatic N) is 1. The first-order valence-corrected chi connectivity index (χ1v) is 3.55. The standard InChI is InChI=1S/C7H7ClFNO/c1-11-6-4-10-7(9)2-5(6)3-8/h2,4H,3H2,1H3. The van der Waals surface area contributed by atoms with Crippen LogP contribution in [0.1, 0.15) is 5.56 Å². The lowest BCUT2D eigenvalue weighted by molar-refractivity contribution is 0.406. The van der Waals surface area contributed by atoms with Crippen LogP contribution >= 0.6 is 11.6 Å². The summed E-state index contributed by atoms with van der Waals surface area (Å²) >= 11 is 5.51. The Morgan fingerprint density at radius 3 is 3.00 bits per heavy atom. The van der Waals surface area contributed by atoms with E-state index in [4.69, 9.17) is 16.3 Å². The first kappa shape index (κ1) is 8.27. The molecule has 0 bridgehead atoms. The smallest absolute Gasteiger partial charge is 0.213 e. The summed E-state index contributed by atoms with van der Waals surface area (Å²) in [6.45, 7) is 0. The molecule has 0 saturated heterocycles. The van der Waals surface area contributed by atoms with Crippen LogP contribution in [-0.4, -0.2) is 12.1 Å². The van der Waals surface area contributed by atoms with Crippen molar-refractivity contribution in [3.63, 3.8) is 0 Å². The number of hydrogen-bond donors (Lipinski definition) is 0. The number of hydrogen-bond acceptors (Lipinski definition) is 2. The summed E-state index contributed by atoms with van der Waals surface area (Å²) in [5.74, 6) is 0.200. The van der Waals surface area contributed by atoms with Gasteiger partial charge in [0.25, 0.3) is 0 Å². The second-order valence-electron chi connectivity index (χ2n) is 1.95. The van der Waals surface area contributed by atoms with Crippen molar-refractivity contribution >= 4 is 11.6 Å². The molecule has 4 heteroatoms. The van der Waals surface area contributed by atoms with Crippen molar-refractivity contribution in [1.82, 2.24) is 4.98 Å². The van der Waals surface area contributed by atoms with Crippen molar-refractivity contribution in [2.75, 3.05) is 7.11 Å². The Balaban J connectivity index is 3.06. The minimum Gasteiger partial charge on any atom is -0.495 e. The molecule has 0 spiro atoms. The number of methoxy groups -OCH3 is 1. The zero-order chi connectivity index (χ0) is 8.27. The zero-order valence-corrected chi connectivity index (χ0v) is 6.73. The van der Waals surface area contributed by atoms with E-state index in [1.165, 1.54) is 19.4 Å². The van der Waals surface area contributed by atoms with Gasteiger partial charge < -0.3 is 4.74 Å². The van der Waals surface area contributed by atoms with Crippen molar-refractivity contribution in [3.05, 3.63) is 23.8 Å². The molecule has 0 aliphatic rings. The van der Waals surface area contributed by atoms with Crippen LogP contribution < -0.4 is 4.74 Å². The topological polar surface area (TPSA) is 22.1 Å². The van der Waals surface area contributed by atoms with Gasteiger partial charge in [-0.25, -0.2) is 4.98 Å². The molecular weight excluding hydrogens is 169 g/mol. The molecule has 0 fully saturated rings. The van der Waals surface area contributed by atoms with Gasteiger partial charge >= 0.3 is 0 Å². The monoisotopic (exact) mass is 175 g/mol. The second-order valence-corrected chi connectivity index (χ2v) is 2.22. The molecule has 0 aromatic carbocycles. The Hall–Kier alpha value is -0.830. The van der Waals surface area contributed by atoms with Crippen molar-refractivity contribution in [2.24, 2.45) is 0 Å². The van der Waals surface area contributed by atoms with Crippen LogP contribution in [0.4, 0.5) is 4.39 Å². The van der Waals surface area contributed by atoms with E-state index < -0.39 is 5.95 Å². The molecule has 0 amide bonds. The van der Waals surface area contributed by atoms with Gasteiger partial charge in [-0.3, -0.25) is 0 Å². The highest BCUT2D eigenvalue weighted by Crippen LogP contribution is 2.18. The van der Waals surface area contributed by atoms with Gasteiger partial charge in [0.05, 0.1) is 19.2 Å². The molecule has 0 unspecified atom stereocenters. The van der Waals surface area contributed by atoms with Gasteiger partial charge in [-0.05, 0) is 0 Å². The summed E-state index contributed by atoms with van der Waals surface area (Å²) < 4.78 is 17.3. The number of ether oxygens (including phenoxy) is 1. The highest BCUT2D eigenvalue weighted by atomic mass is 35.5. The minimum atomic E-state index is -0.540. The fourth-order valence-corrected chi connectivity index (χ4v) is 0.952. The van der Waals surface area contributed by atoms with E-state index in [1.54, 1.807) is 0 Å². The van der Waals surface area contributed by atoms with Gasteiger partial charge in [-0.2, -0.15) is 4.39 Å². The van der Waals surface area contributed by atoms with Crippen LogP contribution in [0.5, 0.6) is 5.75 Å². The van der Waals surface area contributed by atoms with E-state index in [0.717, 1.165) is 0 Å². The highest BCUT2D eigenvalue weighted by molar-refractivity contribution is 6.17. The maximum Gasteiger partial charge on any atom is 0.213 e. The Morgan fingerprint density at radius 2 is 2.45 bits per heavy atom. The molecule has 60 valence electrons. The average molecular weight is 176 g/mol. The summed E-state index contributed by atoms with van der Waals surface area (Å²) in [6.07, 6.45) is 1.31. The summed E-state index contributed by atoms with van der Waals surface area (Å²) in [5.41, 5.74) is 0.613. The van der Waals surface area contributed by atoms with Gasteiger partial charge in [0.15, 0.2) is 0 Å². The second kappa shape index (κ2) is 3.53. The molecule has 0 radical (unpaired) electrons. The Bertz CT molecular complexity index is 254. The predicted octanol–water partition coefficient (Wildman–Crippen LogP) is 1.97. The van der Waals surface area contributed by atoms with Crippen LogP contribution in [0.2, 0.25) is 0 Å². The SMILES string of the molecule is COc1cnc(F)cc1CCl. The van der Waals surface area contributed by atoms with Crippen LogP contribution in [0.25, 0.3) is 0 Å². The number of alkyl halides is 1. The Morgan fingerprint density at radius 1 is 1.73 bits per heavy atom. The molecule has 0 N–H and O–H groups in total. The van der Waals surface area contributed by atoms with E-state index in [1.807, 2.05) is 0 Å². The number of rotatable bonds is 2. The first-order chi connectivity index (χ1) is 5.27. The molecule has 1 heterocycles. The van der Waals surface area contributed by atoms with Gasteiger partial charge in [0.1, 0.15) is 5.75 Å². The minimum absolute atomic E-state index is 0.225. The van der Waals surface area contributed by atoms with E-state index >= 15 is 0 Å². The summed E-state index contributed by atoms with van der Waals surface area (Å²) in [5, 5.41) is 0. The number of pyridine rings is 1. The largest absolute Gasteiger partial charge is 0.495 e. The lowest BCUT2D eigenvalue weighted by Crippen LogP contribution is -1.92. The van der Waals surface area contributed by atoms with E-state index in [0.29, 0.717) is 11.3 Å². The number of halogens is 2. The van der Waals surface area contributed by atoms with Gasteiger partial charge in [0, 0.05) is 11.6 Å². The van der Waals surface area contributed by atoms with Crippen molar-refractivity contribution in [3.8, 4) is 5.75 Å². The third kappa shape index (κ3) is 1.80. The fraction of sp³-hybridized carbons (Fsp3) is 0.286. The average Bonchev–Trinajstić information content (AvgIpc) is 2.04. The molecule has 11 heavy (non-hydrogen) atoms. The molecule has 0 aliphatic carbocycles. The molecule has 1 aromatic rings. The maximum atomic E-state index is 12.4. The van der Waals surface area contributed by atoms with Gasteiger partial charge in [-0.15, -0.1) is 11.6 Å². The quantitative estimate of drug-likeness (QED) is 0.507. The predicted molar refractivity (Wildman–Crippen MR) is 40.3 cm³/mol. The maximum absolute atomic E-state index is 12.4. The Labute approximate surface area is 69.0 Å². The molecule has 0 atom stereocenters. The lowest BCUT2D eigenvalue weighted by atomic mass is 10.3. The van der Waals surface area contributed by atoms with Crippen molar-refractivity contribution in [2.45, 2.75) is 5.88 Å². The zero-order valence-electron chi connectivity index (χ0n) is 5.97. The van der Waals surface area contributed by atoms with E-state index in [-0.39, 0.29) is 5.88 Å². The van der Waals surface area contributed by atoms with Crippen LogP contribution in [-0.2, 0) is 5.88 Å². The first-order valence-electron chi connectivity index (χ1n) is 3.02. The summed E-state index contributed by atoms with van der Waals surface area (Å²) in [4.78, 5) is 3.41. The van der Waals surface area contributed by atoms with E-state index in [9.17, 15) is 4.39 Å². The van der Waals surface area contributed by atoms with Gasteiger partial charge in [-0.1, -0.05) is 0 Å². The number of aromatic nitrogens is 1. The van der Waals surface area contributed by atoms with Gasteiger partial charge in [0.2, 0.25) is 5.95 Å². The molecule has 1 rings (SSSR count). The normalized spacial score (nSPS) is 9.73. The lowest BCUT2D eigenvalue weighted by Gasteiger charge is -2.03. The van der Waals surface area contributed by atoms with Crippen molar-refractivity contribution < 1.29 is 9.13 Å². The van der Waals surface area contributed by atoms with E-state index in [2.05, 4.69) is 4.98 Å². The highest BCUT2D eigenvalue weighted by Gasteiger charge is 2.02. The van der Waals surface area contributed by atoms with Crippen LogP contribution in [0, 0.1) is 5.95 Å². The van der Waals surface area contributed by atoms with Crippen molar-refractivity contribution in [1.29, 1.82) is 0 Å². The molecule has 2 nitrogen and oxygen atoms in total. The summed E-state index contributed by atoms with van der Waals surface area (Å²) in [6, 6.07) is 1.26.